The average Bonchev–Trinajstić information content (AvgIpc) is 3.19. The molecule has 7 amide bonds. The number of thiol groups is 1. The molecule has 61 heavy (non-hydrogen) atoms. The van der Waals surface area contributed by atoms with Gasteiger partial charge < -0.3 is 58.7 Å². The molecule has 0 aromatic heterocycles. The lowest BCUT2D eigenvalue weighted by Crippen LogP contribution is -2.62. The van der Waals surface area contributed by atoms with Crippen LogP contribution in [0.25, 0.3) is 0 Å². The van der Waals surface area contributed by atoms with E-state index < -0.39 is 121 Å². The van der Waals surface area contributed by atoms with E-state index in [0.29, 0.717) is 5.56 Å². The summed E-state index contributed by atoms with van der Waals surface area (Å²) in [6.45, 7) is 4.57. The fourth-order valence-corrected chi connectivity index (χ4v) is 6.13. The van der Waals surface area contributed by atoms with Gasteiger partial charge in [-0.05, 0) is 43.2 Å². The van der Waals surface area contributed by atoms with Crippen LogP contribution in [0.1, 0.15) is 57.6 Å². The summed E-state index contributed by atoms with van der Waals surface area (Å²) < 4.78 is 0. The molecular formula is C40H56N8O12S. The van der Waals surface area contributed by atoms with Crippen LogP contribution in [0, 0.1) is 5.92 Å². The Morgan fingerprint density at radius 2 is 1.07 bits per heavy atom. The number of aliphatic hydroxyl groups is 1. The molecule has 0 saturated carbocycles. The van der Waals surface area contributed by atoms with Gasteiger partial charge in [-0.3, -0.25) is 38.4 Å². The summed E-state index contributed by atoms with van der Waals surface area (Å²) in [5.74, 6) is -10.1. The molecule has 2 aromatic rings. The van der Waals surface area contributed by atoms with Crippen molar-refractivity contribution in [2.45, 2.75) is 108 Å². The van der Waals surface area contributed by atoms with Crippen molar-refractivity contribution in [3.05, 3.63) is 71.8 Å². The lowest BCUT2D eigenvalue weighted by molar-refractivity contribution is -0.143. The molecule has 0 aliphatic heterocycles. The Balaban J connectivity index is 2.24. The van der Waals surface area contributed by atoms with Crippen LogP contribution in [0.15, 0.2) is 60.7 Å². The average molecular weight is 873 g/mol. The molecule has 0 saturated heterocycles. The minimum absolute atomic E-state index is 0.00975. The summed E-state index contributed by atoms with van der Waals surface area (Å²) in [4.78, 5) is 116. The third kappa shape index (κ3) is 18.4. The van der Waals surface area contributed by atoms with Crippen molar-refractivity contribution >= 4 is 65.9 Å². The monoisotopic (exact) mass is 872 g/mol. The molecule has 21 heteroatoms. The van der Waals surface area contributed by atoms with Crippen molar-refractivity contribution in [1.82, 2.24) is 31.9 Å². The smallest absolute Gasteiger partial charge is 0.326 e. The number of carbonyl (C=O) groups excluding carboxylic acids is 7. The highest BCUT2D eigenvalue weighted by Crippen LogP contribution is 2.10. The lowest BCUT2D eigenvalue weighted by atomic mass is 10.0. The number of nitrogens with two attached hydrogens (primary N) is 2. The lowest BCUT2D eigenvalue weighted by Gasteiger charge is -2.28. The van der Waals surface area contributed by atoms with E-state index in [9.17, 15) is 58.5 Å². The highest BCUT2D eigenvalue weighted by Gasteiger charge is 2.36. The van der Waals surface area contributed by atoms with E-state index in [4.69, 9.17) is 11.5 Å². The molecule has 0 aliphatic carbocycles. The second-order valence-electron chi connectivity index (χ2n) is 14.8. The molecule has 8 unspecified atom stereocenters. The molecular weight excluding hydrogens is 817 g/mol. The fourth-order valence-electron chi connectivity index (χ4n) is 5.87. The van der Waals surface area contributed by atoms with Crippen LogP contribution < -0.4 is 43.4 Å². The van der Waals surface area contributed by atoms with E-state index in [0.717, 1.165) is 12.5 Å². The van der Waals surface area contributed by atoms with Gasteiger partial charge in [0.1, 0.15) is 36.3 Å². The minimum atomic E-state index is -1.88. The Labute approximate surface area is 358 Å². The molecule has 0 bridgehead atoms. The van der Waals surface area contributed by atoms with Crippen molar-refractivity contribution in [2.75, 3.05) is 5.75 Å². The zero-order valence-electron chi connectivity index (χ0n) is 34.0. The predicted molar refractivity (Wildman–Crippen MR) is 223 cm³/mol. The van der Waals surface area contributed by atoms with Crippen molar-refractivity contribution in [2.24, 2.45) is 17.4 Å². The van der Waals surface area contributed by atoms with E-state index in [1.165, 1.54) is 0 Å². The third-order valence-corrected chi connectivity index (χ3v) is 9.43. The summed E-state index contributed by atoms with van der Waals surface area (Å²) in [7, 11) is 0. The summed E-state index contributed by atoms with van der Waals surface area (Å²) in [5, 5.41) is 43.7. The Morgan fingerprint density at radius 3 is 1.56 bits per heavy atom. The maximum Gasteiger partial charge on any atom is 0.326 e. The number of rotatable bonds is 26. The molecule has 8 atom stereocenters. The van der Waals surface area contributed by atoms with E-state index in [1.807, 2.05) is 0 Å². The highest BCUT2D eigenvalue weighted by molar-refractivity contribution is 7.80. The Bertz CT molecular complexity index is 1840. The van der Waals surface area contributed by atoms with Gasteiger partial charge in [0.25, 0.3) is 0 Å². The van der Waals surface area contributed by atoms with Crippen LogP contribution in [0.3, 0.4) is 0 Å². The quantitative estimate of drug-likeness (QED) is 0.0451. The van der Waals surface area contributed by atoms with Gasteiger partial charge in [0.2, 0.25) is 41.4 Å². The zero-order chi connectivity index (χ0) is 45.8. The van der Waals surface area contributed by atoms with Gasteiger partial charge in [-0.25, -0.2) is 4.79 Å². The number of primary amides is 1. The first-order chi connectivity index (χ1) is 28.7. The molecule has 334 valence electrons. The number of aliphatic hydroxyl groups excluding tert-OH is 1. The van der Waals surface area contributed by atoms with E-state index >= 15 is 0 Å². The summed E-state index contributed by atoms with van der Waals surface area (Å²) in [6, 6.07) is 6.81. The molecule has 0 aliphatic rings. The molecule has 0 fully saturated rings. The number of hydrogen-bond acceptors (Lipinski definition) is 12. The number of carboxylic acids is 2. The van der Waals surface area contributed by atoms with Crippen LogP contribution in [0.5, 0.6) is 0 Å². The molecule has 0 spiro atoms. The first kappa shape index (κ1) is 51.1. The van der Waals surface area contributed by atoms with E-state index in [2.05, 4.69) is 44.5 Å². The van der Waals surface area contributed by atoms with Crippen molar-refractivity contribution in [3.8, 4) is 0 Å². The van der Waals surface area contributed by atoms with E-state index in [-0.39, 0.29) is 30.9 Å². The Kier molecular flexibility index (Phi) is 21.4. The summed E-state index contributed by atoms with van der Waals surface area (Å²) in [6.07, 6.45) is -3.64. The Hall–Kier alpha value is -6.06. The molecule has 2 aromatic carbocycles. The number of amides is 7. The first-order valence-electron chi connectivity index (χ1n) is 19.4. The number of hydrogen-bond donors (Lipinski definition) is 12. The van der Waals surface area contributed by atoms with Crippen molar-refractivity contribution in [3.63, 3.8) is 0 Å². The topological polar surface area (TPSA) is 339 Å². The number of nitrogens with one attached hydrogen (secondary N) is 6. The number of carbonyl (C=O) groups is 9. The highest BCUT2D eigenvalue weighted by atomic mass is 32.1. The fraction of sp³-hybridized carbons (Fsp3) is 0.475. The largest absolute Gasteiger partial charge is 0.481 e. The van der Waals surface area contributed by atoms with Crippen LogP contribution in [-0.4, -0.2) is 123 Å². The van der Waals surface area contributed by atoms with Gasteiger partial charge in [0, 0.05) is 18.6 Å². The maximum absolute atomic E-state index is 13.7. The maximum atomic E-state index is 13.7. The minimum Gasteiger partial charge on any atom is -0.481 e. The standard InChI is InChI=1S/C40H56N8O12S/c1-21(2)16-27(44-38(57)30(20-61)47-34(53)25(41)17-23-10-6-4-7-11-23)36(55)45-28(19-31(42)50)37(56)48-33(22(3)49)39(58)43-26(14-15-32(51)52)35(54)46-29(40(59)60)18-24-12-8-5-9-13-24/h4-13,21-22,25-30,33,49,61H,14-20,41H2,1-3H3,(H2,42,50)(H,43,58)(H,44,57)(H,45,55)(H,46,54)(H,47,53)(H,48,56)(H,51,52)(H,59,60). The van der Waals surface area contributed by atoms with E-state index in [1.54, 1.807) is 74.5 Å². The number of benzene rings is 2. The second kappa shape index (κ2) is 25.5. The van der Waals surface area contributed by atoms with Crippen LogP contribution in [0.2, 0.25) is 0 Å². The summed E-state index contributed by atoms with van der Waals surface area (Å²) in [5.41, 5.74) is 12.8. The first-order valence-corrected chi connectivity index (χ1v) is 20.0. The summed E-state index contributed by atoms with van der Waals surface area (Å²) >= 11 is 4.17. The SMILES string of the molecule is CC(C)CC(NC(=O)C(CS)NC(=O)C(N)Cc1ccccc1)C(=O)NC(CC(N)=O)C(=O)NC(C(=O)NC(CCC(=O)O)C(=O)NC(Cc1ccccc1)C(=O)O)C(C)O. The predicted octanol–water partition coefficient (Wildman–Crippen LogP) is -2.11. The van der Waals surface area contributed by atoms with Crippen LogP contribution in [-0.2, 0) is 56.0 Å². The van der Waals surface area contributed by atoms with Gasteiger partial charge in [0.05, 0.1) is 18.6 Å². The van der Waals surface area contributed by atoms with Gasteiger partial charge in [-0.2, -0.15) is 12.6 Å². The molecule has 20 nitrogen and oxygen atoms in total. The third-order valence-electron chi connectivity index (χ3n) is 9.07. The second-order valence-corrected chi connectivity index (χ2v) is 15.1. The number of carboxylic acid groups (broad SMARTS) is 2. The molecule has 0 heterocycles. The van der Waals surface area contributed by atoms with Crippen molar-refractivity contribution in [1.29, 1.82) is 0 Å². The van der Waals surface area contributed by atoms with Crippen LogP contribution >= 0.6 is 12.6 Å². The van der Waals surface area contributed by atoms with Gasteiger partial charge >= 0.3 is 11.9 Å². The molecule has 0 radical (unpaired) electrons. The van der Waals surface area contributed by atoms with Crippen molar-refractivity contribution < 1.29 is 58.5 Å². The van der Waals surface area contributed by atoms with Gasteiger partial charge in [0.15, 0.2) is 0 Å². The van der Waals surface area contributed by atoms with Gasteiger partial charge in [-0.15, -0.1) is 0 Å². The molecule has 13 N–H and O–H groups in total. The number of aliphatic carboxylic acids is 2. The zero-order valence-corrected chi connectivity index (χ0v) is 34.9. The molecule has 2 rings (SSSR count). The Morgan fingerprint density at radius 1 is 0.607 bits per heavy atom. The van der Waals surface area contributed by atoms with Gasteiger partial charge in [-0.1, -0.05) is 74.5 Å². The normalized spacial score (nSPS) is 14.9. The van der Waals surface area contributed by atoms with Crippen LogP contribution in [0.4, 0.5) is 0 Å².